The van der Waals surface area contributed by atoms with Crippen molar-refractivity contribution in [2.45, 2.75) is 26.7 Å². The smallest absolute Gasteiger partial charge is 0.119 e. The zero-order valence-corrected chi connectivity index (χ0v) is 12.4. The molecule has 0 heterocycles. The number of methoxy groups -OCH3 is 1. The van der Waals surface area contributed by atoms with Crippen molar-refractivity contribution < 1.29 is 9.47 Å². The zero-order valence-electron chi connectivity index (χ0n) is 12.4. The van der Waals surface area contributed by atoms with Gasteiger partial charge in [0.15, 0.2) is 0 Å². The van der Waals surface area contributed by atoms with Gasteiger partial charge < -0.3 is 14.8 Å². The normalized spacial score (nSPS) is 10.9. The second-order valence-corrected chi connectivity index (χ2v) is 5.15. The molecule has 0 fully saturated rings. The predicted octanol–water partition coefficient (Wildman–Crippen LogP) is 2.89. The number of rotatable bonds is 10. The van der Waals surface area contributed by atoms with Crippen molar-refractivity contribution in [1.29, 1.82) is 0 Å². The van der Waals surface area contributed by atoms with Crippen LogP contribution in [0.2, 0.25) is 0 Å². The molecule has 0 aliphatic heterocycles. The molecule has 1 N–H and O–H groups in total. The average Bonchev–Trinajstić information content (AvgIpc) is 2.41. The van der Waals surface area contributed by atoms with Gasteiger partial charge in [-0.25, -0.2) is 0 Å². The Morgan fingerprint density at radius 2 is 2.00 bits per heavy atom. The molecule has 3 heteroatoms. The molecule has 108 valence electrons. The monoisotopic (exact) mass is 265 g/mol. The topological polar surface area (TPSA) is 30.5 Å². The van der Waals surface area contributed by atoms with Gasteiger partial charge in [-0.2, -0.15) is 0 Å². The molecule has 0 unspecified atom stereocenters. The summed E-state index contributed by atoms with van der Waals surface area (Å²) < 4.78 is 10.8. The standard InChI is InChI=1S/C16H27NO2/c1-14(2)8-11-19-12-10-17-9-7-15-5-4-6-16(13-15)18-3/h4-6,13-14,17H,7-12H2,1-3H3. The van der Waals surface area contributed by atoms with Gasteiger partial charge >= 0.3 is 0 Å². The molecule has 3 nitrogen and oxygen atoms in total. The molecular weight excluding hydrogens is 238 g/mol. The lowest BCUT2D eigenvalue weighted by molar-refractivity contribution is 0.125. The summed E-state index contributed by atoms with van der Waals surface area (Å²) in [7, 11) is 1.70. The van der Waals surface area contributed by atoms with Gasteiger partial charge in [0.25, 0.3) is 0 Å². The van der Waals surface area contributed by atoms with E-state index in [0.29, 0.717) is 0 Å². The SMILES string of the molecule is COc1cccc(CCNCCOCCC(C)C)c1. The van der Waals surface area contributed by atoms with Crippen LogP contribution < -0.4 is 10.1 Å². The van der Waals surface area contributed by atoms with E-state index in [4.69, 9.17) is 9.47 Å². The van der Waals surface area contributed by atoms with E-state index in [-0.39, 0.29) is 0 Å². The number of hydrogen-bond donors (Lipinski definition) is 1. The second kappa shape index (κ2) is 9.82. The highest BCUT2D eigenvalue weighted by Gasteiger charge is 1.96. The molecule has 1 aromatic rings. The van der Waals surface area contributed by atoms with Crippen molar-refractivity contribution in [3.63, 3.8) is 0 Å². The summed E-state index contributed by atoms with van der Waals surface area (Å²) in [6, 6.07) is 8.22. The lowest BCUT2D eigenvalue weighted by Gasteiger charge is -2.08. The Balaban J connectivity index is 2.01. The third kappa shape index (κ3) is 7.85. The van der Waals surface area contributed by atoms with Gasteiger partial charge in [-0.15, -0.1) is 0 Å². The van der Waals surface area contributed by atoms with Crippen molar-refractivity contribution >= 4 is 0 Å². The lowest BCUT2D eigenvalue weighted by atomic mass is 10.1. The quantitative estimate of drug-likeness (QED) is 0.660. The molecule has 0 radical (unpaired) electrons. The van der Waals surface area contributed by atoms with E-state index in [0.717, 1.165) is 50.8 Å². The Morgan fingerprint density at radius 1 is 1.16 bits per heavy atom. The van der Waals surface area contributed by atoms with E-state index < -0.39 is 0 Å². The van der Waals surface area contributed by atoms with Gasteiger partial charge in [0, 0.05) is 13.2 Å². The molecule has 0 atom stereocenters. The van der Waals surface area contributed by atoms with Crippen LogP contribution in [0.25, 0.3) is 0 Å². The van der Waals surface area contributed by atoms with Gasteiger partial charge in [0.05, 0.1) is 13.7 Å². The highest BCUT2D eigenvalue weighted by molar-refractivity contribution is 5.28. The van der Waals surface area contributed by atoms with Crippen LogP contribution in [0.3, 0.4) is 0 Å². The van der Waals surface area contributed by atoms with Crippen LogP contribution >= 0.6 is 0 Å². The van der Waals surface area contributed by atoms with E-state index in [1.807, 2.05) is 12.1 Å². The summed E-state index contributed by atoms with van der Waals surface area (Å²) in [4.78, 5) is 0. The van der Waals surface area contributed by atoms with E-state index in [2.05, 4.69) is 31.3 Å². The van der Waals surface area contributed by atoms with Crippen molar-refractivity contribution in [1.82, 2.24) is 5.32 Å². The van der Waals surface area contributed by atoms with Gasteiger partial charge in [-0.1, -0.05) is 26.0 Å². The first-order chi connectivity index (χ1) is 9.22. The minimum absolute atomic E-state index is 0.723. The summed E-state index contributed by atoms with van der Waals surface area (Å²) in [6.45, 7) is 7.99. The summed E-state index contributed by atoms with van der Waals surface area (Å²) in [6.07, 6.45) is 2.16. The zero-order chi connectivity index (χ0) is 13.9. The second-order valence-electron chi connectivity index (χ2n) is 5.15. The Hall–Kier alpha value is -1.06. The summed E-state index contributed by atoms with van der Waals surface area (Å²) in [5, 5.41) is 3.39. The van der Waals surface area contributed by atoms with E-state index in [9.17, 15) is 0 Å². The molecule has 0 aliphatic carbocycles. The molecule has 0 spiro atoms. The van der Waals surface area contributed by atoms with Crippen LogP contribution in [0.4, 0.5) is 0 Å². The average molecular weight is 265 g/mol. The minimum atomic E-state index is 0.723. The molecule has 1 rings (SSSR count). The summed E-state index contributed by atoms with van der Waals surface area (Å²) in [5.41, 5.74) is 1.30. The number of hydrogen-bond acceptors (Lipinski definition) is 3. The van der Waals surface area contributed by atoms with Crippen LogP contribution in [-0.2, 0) is 11.2 Å². The highest BCUT2D eigenvalue weighted by Crippen LogP contribution is 2.12. The van der Waals surface area contributed by atoms with E-state index in [1.54, 1.807) is 7.11 Å². The van der Waals surface area contributed by atoms with Gasteiger partial charge in [-0.3, -0.25) is 0 Å². The number of nitrogens with one attached hydrogen (secondary N) is 1. The number of ether oxygens (including phenoxy) is 2. The maximum Gasteiger partial charge on any atom is 0.119 e. The molecule has 0 aromatic heterocycles. The first-order valence-corrected chi connectivity index (χ1v) is 7.13. The summed E-state index contributed by atoms with van der Waals surface area (Å²) in [5.74, 6) is 1.65. The van der Waals surface area contributed by atoms with Crippen LogP contribution in [0.15, 0.2) is 24.3 Å². The Bertz CT molecular complexity index is 339. The third-order valence-electron chi connectivity index (χ3n) is 2.99. The van der Waals surface area contributed by atoms with E-state index in [1.165, 1.54) is 5.56 Å². The highest BCUT2D eigenvalue weighted by atomic mass is 16.5. The van der Waals surface area contributed by atoms with Crippen LogP contribution in [0, 0.1) is 5.92 Å². The maximum absolute atomic E-state index is 5.55. The fraction of sp³-hybridized carbons (Fsp3) is 0.625. The molecule has 19 heavy (non-hydrogen) atoms. The Labute approximate surface area is 117 Å². The Morgan fingerprint density at radius 3 is 2.74 bits per heavy atom. The van der Waals surface area contributed by atoms with Crippen LogP contribution in [-0.4, -0.2) is 33.4 Å². The third-order valence-corrected chi connectivity index (χ3v) is 2.99. The van der Waals surface area contributed by atoms with Gasteiger partial charge in [0.1, 0.15) is 5.75 Å². The molecule has 0 bridgehead atoms. The fourth-order valence-electron chi connectivity index (χ4n) is 1.75. The Kier molecular flexibility index (Phi) is 8.26. The molecule has 1 aromatic carbocycles. The van der Waals surface area contributed by atoms with Crippen LogP contribution in [0.1, 0.15) is 25.8 Å². The van der Waals surface area contributed by atoms with Crippen molar-refractivity contribution in [3.8, 4) is 5.75 Å². The molecular formula is C16H27NO2. The molecule has 0 saturated carbocycles. The molecule has 0 aliphatic rings. The minimum Gasteiger partial charge on any atom is -0.497 e. The van der Waals surface area contributed by atoms with Crippen molar-refractivity contribution in [2.75, 3.05) is 33.4 Å². The largest absolute Gasteiger partial charge is 0.497 e. The predicted molar refractivity (Wildman–Crippen MR) is 79.8 cm³/mol. The van der Waals surface area contributed by atoms with Crippen LogP contribution in [0.5, 0.6) is 5.75 Å². The van der Waals surface area contributed by atoms with Gasteiger partial charge in [-0.05, 0) is 43.0 Å². The van der Waals surface area contributed by atoms with Crippen molar-refractivity contribution in [2.24, 2.45) is 5.92 Å². The van der Waals surface area contributed by atoms with Crippen molar-refractivity contribution in [3.05, 3.63) is 29.8 Å². The summed E-state index contributed by atoms with van der Waals surface area (Å²) >= 11 is 0. The molecule has 0 amide bonds. The fourth-order valence-corrected chi connectivity index (χ4v) is 1.75. The number of benzene rings is 1. The van der Waals surface area contributed by atoms with E-state index >= 15 is 0 Å². The van der Waals surface area contributed by atoms with Gasteiger partial charge in [0.2, 0.25) is 0 Å². The molecule has 0 saturated heterocycles. The first-order valence-electron chi connectivity index (χ1n) is 7.13. The first kappa shape index (κ1) is 16.0. The maximum atomic E-state index is 5.55. The lowest BCUT2D eigenvalue weighted by Crippen LogP contribution is -2.22.